The Morgan fingerprint density at radius 2 is 1.74 bits per heavy atom. The Labute approximate surface area is 230 Å². The number of aryl methyl sites for hydroxylation is 1. The van der Waals surface area contributed by atoms with Gasteiger partial charge in [0.1, 0.15) is 5.60 Å². The van der Waals surface area contributed by atoms with E-state index in [0.29, 0.717) is 37.9 Å². The van der Waals surface area contributed by atoms with Crippen molar-refractivity contribution in [3.8, 4) is 0 Å². The summed E-state index contributed by atoms with van der Waals surface area (Å²) in [4.78, 5) is 43.5. The first-order chi connectivity index (χ1) is 18.5. The van der Waals surface area contributed by atoms with Crippen LogP contribution in [0.2, 0.25) is 0 Å². The fourth-order valence-corrected chi connectivity index (χ4v) is 6.37. The fourth-order valence-electron chi connectivity index (χ4n) is 6.37. The molecule has 3 saturated heterocycles. The maximum atomic E-state index is 12.6. The van der Waals surface area contributed by atoms with Gasteiger partial charge in [0, 0.05) is 64.2 Å². The summed E-state index contributed by atoms with van der Waals surface area (Å²) < 4.78 is 7.44. The third-order valence-electron chi connectivity index (χ3n) is 8.55. The first-order valence-electron chi connectivity index (χ1n) is 14.3. The second-order valence-corrected chi connectivity index (χ2v) is 12.3. The lowest BCUT2D eigenvalue weighted by atomic mass is 9.88. The Hall–Kier alpha value is -3.14. The van der Waals surface area contributed by atoms with Gasteiger partial charge in [0.05, 0.1) is 22.8 Å². The SMILES string of the molecule is CC(C1CCN(c2cccc3c(C4CCC(=O)NC4=O)nn(C)c23)CC1)N1CCN(C(=O)OC(C)(C)C)CC1. The average molecular weight is 539 g/mol. The molecule has 3 aliphatic heterocycles. The summed E-state index contributed by atoms with van der Waals surface area (Å²) in [7, 11) is 1.94. The van der Waals surface area contributed by atoms with E-state index >= 15 is 0 Å². The molecule has 0 radical (unpaired) electrons. The highest BCUT2D eigenvalue weighted by atomic mass is 16.6. The molecule has 4 heterocycles. The second-order valence-electron chi connectivity index (χ2n) is 12.3. The quantitative estimate of drug-likeness (QED) is 0.597. The van der Waals surface area contributed by atoms with Gasteiger partial charge in [0.25, 0.3) is 0 Å². The molecule has 10 nitrogen and oxygen atoms in total. The van der Waals surface area contributed by atoms with Crippen LogP contribution < -0.4 is 10.2 Å². The van der Waals surface area contributed by atoms with E-state index in [1.807, 2.05) is 49.5 Å². The van der Waals surface area contributed by atoms with Gasteiger partial charge in [-0.25, -0.2) is 4.79 Å². The Morgan fingerprint density at radius 3 is 2.38 bits per heavy atom. The predicted octanol–water partition coefficient (Wildman–Crippen LogP) is 3.25. The average Bonchev–Trinajstić information content (AvgIpc) is 3.24. The van der Waals surface area contributed by atoms with E-state index in [-0.39, 0.29) is 17.9 Å². The Kier molecular flexibility index (Phi) is 7.59. The number of hydrogen-bond acceptors (Lipinski definition) is 7. The number of carbonyl (C=O) groups excluding carboxylic acids is 3. The van der Waals surface area contributed by atoms with Crippen molar-refractivity contribution in [1.29, 1.82) is 0 Å². The molecule has 0 bridgehead atoms. The van der Waals surface area contributed by atoms with Gasteiger partial charge in [-0.1, -0.05) is 12.1 Å². The Balaban J connectivity index is 1.21. The van der Waals surface area contributed by atoms with E-state index in [2.05, 4.69) is 28.1 Å². The highest BCUT2D eigenvalue weighted by Gasteiger charge is 2.34. The van der Waals surface area contributed by atoms with E-state index in [1.54, 1.807) is 0 Å². The van der Waals surface area contributed by atoms with Crippen LogP contribution in [-0.2, 0) is 21.4 Å². The van der Waals surface area contributed by atoms with E-state index in [9.17, 15) is 14.4 Å². The molecule has 3 aliphatic rings. The van der Waals surface area contributed by atoms with Crippen LogP contribution in [0.5, 0.6) is 0 Å². The van der Waals surface area contributed by atoms with Crippen molar-refractivity contribution in [2.75, 3.05) is 44.2 Å². The summed E-state index contributed by atoms with van der Waals surface area (Å²) in [6, 6.07) is 6.70. The number of hydrogen-bond donors (Lipinski definition) is 1. The molecular formula is C29H42N6O4. The standard InChI is InChI=1S/C29H42N6O4/c1-19(33-15-17-35(18-16-33)28(38)39-29(2,3)4)20-11-13-34(14-12-20)23-8-6-7-21-25(31-32(5)26(21)23)22-9-10-24(36)30-27(22)37/h6-8,19-20,22H,9-18H2,1-5H3,(H,30,36,37). The van der Waals surface area contributed by atoms with Gasteiger partial charge in [-0.15, -0.1) is 0 Å². The lowest BCUT2D eigenvalue weighted by molar-refractivity contribution is -0.134. The minimum atomic E-state index is -0.470. The van der Waals surface area contributed by atoms with Crippen LogP contribution in [0.15, 0.2) is 18.2 Å². The van der Waals surface area contributed by atoms with Crippen molar-refractivity contribution in [3.63, 3.8) is 0 Å². The summed E-state index contributed by atoms with van der Waals surface area (Å²) in [5.41, 5.74) is 2.48. The lowest BCUT2D eigenvalue weighted by Gasteiger charge is -2.43. The zero-order valence-electron chi connectivity index (χ0n) is 23.9. The molecule has 2 aromatic rings. The highest BCUT2D eigenvalue weighted by molar-refractivity contribution is 6.03. The van der Waals surface area contributed by atoms with Crippen LogP contribution in [0, 0.1) is 5.92 Å². The van der Waals surface area contributed by atoms with Crippen molar-refractivity contribution in [2.24, 2.45) is 13.0 Å². The number of rotatable bonds is 4. The van der Waals surface area contributed by atoms with Crippen LogP contribution in [0.25, 0.3) is 10.9 Å². The van der Waals surface area contributed by atoms with E-state index < -0.39 is 11.5 Å². The minimum Gasteiger partial charge on any atom is -0.444 e. The number of nitrogens with zero attached hydrogens (tertiary/aromatic N) is 5. The third-order valence-corrected chi connectivity index (χ3v) is 8.55. The van der Waals surface area contributed by atoms with Gasteiger partial charge in [0.15, 0.2) is 0 Å². The molecule has 0 spiro atoms. The maximum absolute atomic E-state index is 12.6. The molecule has 10 heteroatoms. The van der Waals surface area contributed by atoms with Crippen LogP contribution >= 0.6 is 0 Å². The summed E-state index contributed by atoms with van der Waals surface area (Å²) in [5, 5.41) is 8.22. The first kappa shape index (κ1) is 27.4. The van der Waals surface area contributed by atoms with Gasteiger partial charge in [-0.3, -0.25) is 24.5 Å². The normalized spacial score (nSPS) is 22.7. The zero-order valence-corrected chi connectivity index (χ0v) is 23.9. The molecule has 0 aliphatic carbocycles. The van der Waals surface area contributed by atoms with E-state index in [4.69, 9.17) is 9.84 Å². The molecule has 0 saturated carbocycles. The van der Waals surface area contributed by atoms with Crippen LogP contribution in [0.3, 0.4) is 0 Å². The number of anilines is 1. The summed E-state index contributed by atoms with van der Waals surface area (Å²) in [5.74, 6) is -0.263. The Bertz CT molecular complexity index is 1230. The van der Waals surface area contributed by atoms with Gasteiger partial charge < -0.3 is 14.5 Å². The molecule has 2 atom stereocenters. The highest BCUT2D eigenvalue weighted by Crippen LogP contribution is 2.36. The smallest absolute Gasteiger partial charge is 0.410 e. The molecule has 3 amide bonds. The topological polar surface area (TPSA) is 100 Å². The number of carbonyl (C=O) groups is 3. The lowest BCUT2D eigenvalue weighted by Crippen LogP contribution is -2.54. The number of para-hydroxylation sites is 1. The van der Waals surface area contributed by atoms with Crippen molar-refractivity contribution in [1.82, 2.24) is 24.9 Å². The molecular weight excluding hydrogens is 496 g/mol. The maximum Gasteiger partial charge on any atom is 0.410 e. The monoisotopic (exact) mass is 538 g/mol. The molecule has 212 valence electrons. The van der Waals surface area contributed by atoms with Crippen LogP contribution in [-0.4, -0.2) is 88.4 Å². The number of amides is 3. The molecule has 1 N–H and O–H groups in total. The van der Waals surface area contributed by atoms with E-state index in [1.165, 1.54) is 0 Å². The van der Waals surface area contributed by atoms with Crippen LogP contribution in [0.4, 0.5) is 10.5 Å². The number of benzene rings is 1. The molecule has 1 aromatic heterocycles. The van der Waals surface area contributed by atoms with Crippen molar-refractivity contribution in [2.45, 2.75) is 70.9 Å². The van der Waals surface area contributed by atoms with Gasteiger partial charge >= 0.3 is 6.09 Å². The van der Waals surface area contributed by atoms with Gasteiger partial charge in [0.2, 0.25) is 11.8 Å². The largest absolute Gasteiger partial charge is 0.444 e. The third kappa shape index (κ3) is 5.76. The summed E-state index contributed by atoms with van der Waals surface area (Å²) in [6.45, 7) is 13.1. The fraction of sp³-hybridized carbons (Fsp3) is 0.655. The summed E-state index contributed by atoms with van der Waals surface area (Å²) in [6.07, 6.45) is 2.82. The number of fused-ring (bicyclic) bond motifs is 1. The summed E-state index contributed by atoms with van der Waals surface area (Å²) >= 11 is 0. The van der Waals surface area contributed by atoms with E-state index in [0.717, 1.165) is 61.3 Å². The number of nitrogens with one attached hydrogen (secondary N) is 1. The molecule has 5 rings (SSSR count). The minimum absolute atomic E-state index is 0.209. The van der Waals surface area contributed by atoms with Crippen LogP contribution in [0.1, 0.15) is 65.0 Å². The molecule has 3 fully saturated rings. The molecule has 39 heavy (non-hydrogen) atoms. The number of piperazine rings is 1. The molecule has 2 unspecified atom stereocenters. The molecule has 1 aromatic carbocycles. The number of piperidine rings is 2. The van der Waals surface area contributed by atoms with Crippen molar-refractivity contribution < 1.29 is 19.1 Å². The number of imide groups is 1. The predicted molar refractivity (Wildman–Crippen MR) is 150 cm³/mol. The van der Waals surface area contributed by atoms with Crippen molar-refractivity contribution in [3.05, 3.63) is 23.9 Å². The number of ether oxygens (including phenoxy) is 1. The second kappa shape index (κ2) is 10.8. The first-order valence-corrected chi connectivity index (χ1v) is 14.3. The van der Waals surface area contributed by atoms with Crippen molar-refractivity contribution >= 4 is 34.5 Å². The van der Waals surface area contributed by atoms with Gasteiger partial charge in [-0.2, -0.15) is 5.10 Å². The van der Waals surface area contributed by atoms with Gasteiger partial charge in [-0.05, 0) is 58.9 Å². The zero-order chi connectivity index (χ0) is 27.9. The number of aromatic nitrogens is 2. The Morgan fingerprint density at radius 1 is 1.05 bits per heavy atom.